The van der Waals surface area contributed by atoms with Crippen LogP contribution in [0.3, 0.4) is 0 Å². The van der Waals surface area contributed by atoms with Gasteiger partial charge < -0.3 is 14.8 Å². The number of nitrogens with one attached hydrogen (secondary N) is 1. The number of Topliss-reactive ketones (excluding diaryl/α,β-unsaturated/α-hetero) is 1. The van der Waals surface area contributed by atoms with E-state index < -0.39 is 10.8 Å². The number of hydrogen-bond donors (Lipinski definition) is 1. The summed E-state index contributed by atoms with van der Waals surface area (Å²) in [6.07, 6.45) is 0.406. The molecular weight excluding hydrogens is 340 g/mol. The summed E-state index contributed by atoms with van der Waals surface area (Å²) in [6.45, 7) is 1.44. The molecule has 0 atom stereocenters. The second-order valence-electron chi connectivity index (χ2n) is 5.28. The summed E-state index contributed by atoms with van der Waals surface area (Å²) in [5.41, 5.74) is 0.339. The summed E-state index contributed by atoms with van der Waals surface area (Å²) in [5.74, 6) is 0.192. The molecule has 0 fully saturated rings. The van der Waals surface area contributed by atoms with Crippen molar-refractivity contribution in [3.8, 4) is 11.5 Å². The van der Waals surface area contributed by atoms with Crippen molar-refractivity contribution in [2.24, 2.45) is 0 Å². The fourth-order valence-electron chi connectivity index (χ4n) is 2.17. The van der Waals surface area contributed by atoms with Crippen molar-refractivity contribution in [3.05, 3.63) is 58.1 Å². The van der Waals surface area contributed by atoms with Gasteiger partial charge in [0.05, 0.1) is 18.1 Å². The Morgan fingerprint density at radius 1 is 1.12 bits per heavy atom. The van der Waals surface area contributed by atoms with Gasteiger partial charge in [0.25, 0.3) is 11.6 Å². The highest BCUT2D eigenvalue weighted by Crippen LogP contribution is 2.28. The second-order valence-corrected chi connectivity index (χ2v) is 5.28. The third-order valence-corrected chi connectivity index (χ3v) is 3.54. The van der Waals surface area contributed by atoms with Crippen molar-refractivity contribution in [3.63, 3.8) is 0 Å². The molecule has 0 saturated heterocycles. The Morgan fingerprint density at radius 2 is 1.77 bits per heavy atom. The number of amides is 1. The topological polar surface area (TPSA) is 108 Å². The standard InChI is InChI=1S/C18H18N2O6/c1-3-17(21)12-4-6-13(7-5-12)26-11-18(22)19-15-9-8-14(25-2)10-16(15)20(23)24/h4-10H,3,11H2,1-2H3,(H,19,22). The largest absolute Gasteiger partial charge is 0.496 e. The monoisotopic (exact) mass is 358 g/mol. The van der Waals surface area contributed by atoms with Gasteiger partial charge in [0.2, 0.25) is 0 Å². The first-order valence-electron chi connectivity index (χ1n) is 7.83. The summed E-state index contributed by atoms with van der Waals surface area (Å²) in [7, 11) is 1.39. The van der Waals surface area contributed by atoms with Crippen LogP contribution in [0.5, 0.6) is 11.5 Å². The Morgan fingerprint density at radius 3 is 2.35 bits per heavy atom. The molecular formula is C18H18N2O6. The first-order valence-corrected chi connectivity index (χ1v) is 7.83. The highest BCUT2D eigenvalue weighted by Gasteiger charge is 2.17. The lowest BCUT2D eigenvalue weighted by molar-refractivity contribution is -0.384. The third kappa shape index (κ3) is 4.79. The fourth-order valence-corrected chi connectivity index (χ4v) is 2.17. The van der Waals surface area contributed by atoms with Gasteiger partial charge in [0.1, 0.15) is 17.2 Å². The molecule has 136 valence electrons. The third-order valence-electron chi connectivity index (χ3n) is 3.54. The maximum absolute atomic E-state index is 12.0. The van der Waals surface area contributed by atoms with Crippen molar-refractivity contribution in [2.75, 3.05) is 19.0 Å². The van der Waals surface area contributed by atoms with Crippen LogP contribution in [0, 0.1) is 10.1 Å². The molecule has 0 radical (unpaired) electrons. The molecule has 0 spiro atoms. The minimum absolute atomic E-state index is 0.0149. The molecule has 1 N–H and O–H groups in total. The zero-order chi connectivity index (χ0) is 19.1. The lowest BCUT2D eigenvalue weighted by Crippen LogP contribution is -2.20. The van der Waals surface area contributed by atoms with Crippen LogP contribution in [-0.2, 0) is 4.79 Å². The van der Waals surface area contributed by atoms with Gasteiger partial charge in [-0.1, -0.05) is 6.92 Å². The molecule has 8 heteroatoms. The molecule has 0 aromatic heterocycles. The predicted octanol–water partition coefficient (Wildman–Crippen LogP) is 3.21. The van der Waals surface area contributed by atoms with Crippen molar-refractivity contribution < 1.29 is 24.0 Å². The minimum Gasteiger partial charge on any atom is -0.496 e. The lowest BCUT2D eigenvalue weighted by atomic mass is 10.1. The van der Waals surface area contributed by atoms with Gasteiger partial charge in [-0.05, 0) is 36.4 Å². The first-order chi connectivity index (χ1) is 12.4. The van der Waals surface area contributed by atoms with E-state index in [0.717, 1.165) is 0 Å². The smallest absolute Gasteiger partial charge is 0.296 e. The van der Waals surface area contributed by atoms with Gasteiger partial charge in [0, 0.05) is 12.0 Å². The molecule has 0 aliphatic rings. The molecule has 1 amide bonds. The second kappa shape index (κ2) is 8.61. The van der Waals surface area contributed by atoms with Crippen LogP contribution >= 0.6 is 0 Å². The van der Waals surface area contributed by atoms with E-state index in [9.17, 15) is 19.7 Å². The number of anilines is 1. The zero-order valence-corrected chi connectivity index (χ0v) is 14.4. The Bertz CT molecular complexity index is 817. The normalized spacial score (nSPS) is 10.1. The highest BCUT2D eigenvalue weighted by molar-refractivity contribution is 5.96. The molecule has 2 rings (SSSR count). The number of carbonyl (C=O) groups excluding carboxylic acids is 2. The van der Waals surface area contributed by atoms with Crippen LogP contribution in [0.2, 0.25) is 0 Å². The van der Waals surface area contributed by atoms with Crippen LogP contribution in [0.4, 0.5) is 11.4 Å². The lowest BCUT2D eigenvalue weighted by Gasteiger charge is -2.09. The van der Waals surface area contributed by atoms with E-state index in [-0.39, 0.29) is 23.8 Å². The van der Waals surface area contributed by atoms with Crippen LogP contribution in [0.25, 0.3) is 0 Å². The Kier molecular flexibility index (Phi) is 6.26. The van der Waals surface area contributed by atoms with Crippen molar-refractivity contribution in [2.45, 2.75) is 13.3 Å². The Labute approximate surface area is 149 Å². The maximum atomic E-state index is 12.0. The number of ether oxygens (including phenoxy) is 2. The number of carbonyl (C=O) groups is 2. The van der Waals surface area contributed by atoms with Gasteiger partial charge in [-0.2, -0.15) is 0 Å². The number of rotatable bonds is 8. The maximum Gasteiger partial charge on any atom is 0.296 e. The quantitative estimate of drug-likeness (QED) is 0.441. The van der Waals surface area contributed by atoms with E-state index >= 15 is 0 Å². The van der Waals surface area contributed by atoms with Gasteiger partial charge >= 0.3 is 0 Å². The molecule has 26 heavy (non-hydrogen) atoms. The van der Waals surface area contributed by atoms with E-state index in [1.807, 2.05) is 0 Å². The number of methoxy groups -OCH3 is 1. The molecule has 0 heterocycles. The zero-order valence-electron chi connectivity index (χ0n) is 14.4. The molecule has 0 aliphatic heterocycles. The number of ketones is 1. The Hall–Kier alpha value is -3.42. The average Bonchev–Trinajstić information content (AvgIpc) is 2.66. The SMILES string of the molecule is CCC(=O)c1ccc(OCC(=O)Nc2ccc(OC)cc2[N+](=O)[O-])cc1. The molecule has 0 unspecified atom stereocenters. The summed E-state index contributed by atoms with van der Waals surface area (Å²) < 4.78 is 10.3. The van der Waals surface area contributed by atoms with Gasteiger partial charge in [-0.15, -0.1) is 0 Å². The van der Waals surface area contributed by atoms with E-state index in [2.05, 4.69) is 5.32 Å². The number of hydrogen-bond acceptors (Lipinski definition) is 6. The molecule has 0 saturated carbocycles. The van der Waals surface area contributed by atoms with Gasteiger partial charge in [-0.25, -0.2) is 0 Å². The summed E-state index contributed by atoms with van der Waals surface area (Å²) >= 11 is 0. The van der Waals surface area contributed by atoms with E-state index in [1.54, 1.807) is 31.2 Å². The molecule has 0 aliphatic carbocycles. The van der Waals surface area contributed by atoms with E-state index in [4.69, 9.17) is 9.47 Å². The van der Waals surface area contributed by atoms with Crippen molar-refractivity contribution >= 4 is 23.1 Å². The molecule has 2 aromatic carbocycles. The van der Waals surface area contributed by atoms with Gasteiger partial charge in [0.15, 0.2) is 12.4 Å². The minimum atomic E-state index is -0.609. The summed E-state index contributed by atoms with van der Waals surface area (Å²) in [6, 6.07) is 10.5. The first kappa shape index (κ1) is 18.9. The molecule has 8 nitrogen and oxygen atoms in total. The average molecular weight is 358 g/mol. The predicted molar refractivity (Wildman–Crippen MR) is 94.8 cm³/mol. The number of nitro groups is 1. The van der Waals surface area contributed by atoms with Gasteiger partial charge in [-0.3, -0.25) is 19.7 Å². The number of nitro benzene ring substituents is 1. The number of nitrogens with zero attached hydrogens (tertiary/aromatic N) is 1. The van der Waals surface area contributed by atoms with Crippen LogP contribution in [0.15, 0.2) is 42.5 Å². The summed E-state index contributed by atoms with van der Waals surface area (Å²) in [4.78, 5) is 34.0. The van der Waals surface area contributed by atoms with Crippen LogP contribution in [0.1, 0.15) is 23.7 Å². The summed E-state index contributed by atoms with van der Waals surface area (Å²) in [5, 5.41) is 13.5. The van der Waals surface area contributed by atoms with Crippen LogP contribution in [-0.4, -0.2) is 30.3 Å². The van der Waals surface area contributed by atoms with Crippen molar-refractivity contribution in [1.82, 2.24) is 0 Å². The Balaban J connectivity index is 1.99. The van der Waals surface area contributed by atoms with Crippen LogP contribution < -0.4 is 14.8 Å². The number of benzene rings is 2. The van der Waals surface area contributed by atoms with E-state index in [0.29, 0.717) is 23.5 Å². The fraction of sp³-hybridized carbons (Fsp3) is 0.222. The van der Waals surface area contributed by atoms with Crippen molar-refractivity contribution in [1.29, 1.82) is 0 Å². The molecule has 2 aromatic rings. The van der Waals surface area contributed by atoms with E-state index in [1.165, 1.54) is 25.3 Å². The molecule has 0 bridgehead atoms. The highest BCUT2D eigenvalue weighted by atomic mass is 16.6.